The second-order valence-electron chi connectivity index (χ2n) is 8.31. The number of alkyl halides is 3. The Morgan fingerprint density at radius 3 is 2.32 bits per heavy atom. The number of nitrogens with zero attached hydrogens (tertiary/aromatic N) is 1. The zero-order chi connectivity index (χ0) is 27.9. The van der Waals surface area contributed by atoms with Crippen molar-refractivity contribution in [1.82, 2.24) is 10.2 Å². The van der Waals surface area contributed by atoms with Crippen molar-refractivity contribution in [3.05, 3.63) is 106 Å². The van der Waals surface area contributed by atoms with Crippen molar-refractivity contribution in [2.75, 3.05) is 13.7 Å². The van der Waals surface area contributed by atoms with Gasteiger partial charge in [-0.1, -0.05) is 48.5 Å². The number of methoxy groups -OCH3 is 1. The average molecular weight is 533 g/mol. The number of hydrogen-bond acceptors (Lipinski definition) is 3. The van der Waals surface area contributed by atoms with Gasteiger partial charge in [-0.25, -0.2) is 8.78 Å². The molecule has 2 amide bonds. The second kappa shape index (κ2) is 12.4. The molecule has 0 bridgehead atoms. The fourth-order valence-electron chi connectivity index (χ4n) is 3.99. The Morgan fingerprint density at radius 1 is 1.00 bits per heavy atom. The number of nitrogens with one attached hydrogen (secondary N) is 1. The predicted octanol–water partition coefficient (Wildman–Crippen LogP) is 5.74. The number of hydrogen-bond donors (Lipinski definition) is 1. The van der Waals surface area contributed by atoms with Gasteiger partial charge in [-0.2, -0.15) is 13.2 Å². The Labute approximate surface area is 216 Å². The molecule has 3 rings (SSSR count). The van der Waals surface area contributed by atoms with Crippen LogP contribution >= 0.6 is 0 Å². The molecule has 1 N–H and O–H groups in total. The predicted molar refractivity (Wildman–Crippen MR) is 132 cm³/mol. The van der Waals surface area contributed by atoms with Gasteiger partial charge in [0.1, 0.15) is 5.82 Å². The lowest BCUT2D eigenvalue weighted by molar-refractivity contribution is -0.139. The molecule has 38 heavy (non-hydrogen) atoms. The van der Waals surface area contributed by atoms with E-state index in [1.54, 1.807) is 30.3 Å². The second-order valence-corrected chi connectivity index (χ2v) is 8.31. The quantitative estimate of drug-likeness (QED) is 0.206. The van der Waals surface area contributed by atoms with Gasteiger partial charge in [0.25, 0.3) is 5.91 Å². The van der Waals surface area contributed by atoms with Gasteiger partial charge in [-0.15, -0.1) is 0 Å². The van der Waals surface area contributed by atoms with Crippen molar-refractivity contribution in [2.45, 2.75) is 26.1 Å². The maximum absolute atomic E-state index is 15.3. The Kier molecular flexibility index (Phi) is 9.22. The van der Waals surface area contributed by atoms with Crippen LogP contribution in [0.1, 0.15) is 29.2 Å². The average Bonchev–Trinajstić information content (AvgIpc) is 2.88. The number of rotatable bonds is 10. The third kappa shape index (κ3) is 6.56. The number of ether oxygens (including phenoxy) is 1. The summed E-state index contributed by atoms with van der Waals surface area (Å²) >= 11 is 0. The maximum Gasteiger partial charge on any atom is 0.416 e. The van der Waals surface area contributed by atoms with Crippen LogP contribution in [0.15, 0.2) is 72.4 Å². The molecule has 0 aliphatic carbocycles. The molecule has 0 radical (unpaired) electrons. The Hall–Kier alpha value is -4.21. The number of allylic oxidation sites excluding steroid dienone is 1. The molecule has 10 heteroatoms. The maximum atomic E-state index is 15.3. The van der Waals surface area contributed by atoms with Crippen molar-refractivity contribution in [3.63, 3.8) is 0 Å². The summed E-state index contributed by atoms with van der Waals surface area (Å²) in [5.74, 6) is -3.14. The van der Waals surface area contributed by atoms with Crippen molar-refractivity contribution in [2.24, 2.45) is 0 Å². The zero-order valence-corrected chi connectivity index (χ0v) is 20.6. The molecule has 3 aromatic rings. The summed E-state index contributed by atoms with van der Waals surface area (Å²) in [4.78, 5) is 26.1. The number of carbonyl (C=O) groups excluding carboxylic acids is 2. The summed E-state index contributed by atoms with van der Waals surface area (Å²) in [5, 5.41) is 2.32. The molecule has 0 spiro atoms. The Morgan fingerprint density at radius 2 is 1.68 bits per heavy atom. The van der Waals surface area contributed by atoms with E-state index in [1.807, 2.05) is 0 Å². The number of carbonyl (C=O) groups is 2. The molecule has 0 aromatic heterocycles. The van der Waals surface area contributed by atoms with E-state index >= 15 is 4.39 Å². The summed E-state index contributed by atoms with van der Waals surface area (Å²) in [5.41, 5.74) is -1.78. The summed E-state index contributed by atoms with van der Waals surface area (Å²) in [6, 6.07) is 15.4. The van der Waals surface area contributed by atoms with Gasteiger partial charge in [0.05, 0.1) is 18.2 Å². The fourth-order valence-corrected chi connectivity index (χ4v) is 3.99. The first-order valence-electron chi connectivity index (χ1n) is 11.5. The zero-order valence-electron chi connectivity index (χ0n) is 20.6. The first kappa shape index (κ1) is 28.4. The Bertz CT molecular complexity index is 1320. The molecule has 0 saturated carbocycles. The van der Waals surface area contributed by atoms with Crippen molar-refractivity contribution >= 4 is 17.9 Å². The monoisotopic (exact) mass is 532 g/mol. The van der Waals surface area contributed by atoms with E-state index in [1.165, 1.54) is 32.2 Å². The van der Waals surface area contributed by atoms with Crippen LogP contribution in [0.3, 0.4) is 0 Å². The topological polar surface area (TPSA) is 58.6 Å². The van der Waals surface area contributed by atoms with Crippen LogP contribution in [-0.2, 0) is 28.7 Å². The minimum absolute atomic E-state index is 0.0496. The molecular formula is C28H25F5N2O3. The first-order chi connectivity index (χ1) is 18.1. The highest BCUT2D eigenvalue weighted by Crippen LogP contribution is 2.35. The van der Waals surface area contributed by atoms with E-state index in [9.17, 15) is 27.2 Å². The molecule has 0 heterocycles. The lowest BCUT2D eigenvalue weighted by Crippen LogP contribution is -2.35. The minimum atomic E-state index is -4.88. The van der Waals surface area contributed by atoms with E-state index in [0.29, 0.717) is 0 Å². The molecule has 5 nitrogen and oxygen atoms in total. The highest BCUT2D eigenvalue weighted by atomic mass is 19.4. The van der Waals surface area contributed by atoms with Gasteiger partial charge in [0.15, 0.2) is 11.6 Å². The minimum Gasteiger partial charge on any atom is -0.494 e. The van der Waals surface area contributed by atoms with Gasteiger partial charge >= 0.3 is 6.18 Å². The summed E-state index contributed by atoms with van der Waals surface area (Å²) in [6.07, 6.45) is -4.37. The molecular weight excluding hydrogens is 507 g/mol. The number of amides is 2. The first-order valence-corrected chi connectivity index (χ1v) is 11.5. The highest BCUT2D eigenvalue weighted by molar-refractivity contribution is 6.20. The SMILES string of the molecule is COc1cccc(/C(C(=O)N(CCc2ccccc2)Cc2c(F)cccc2C(F)(F)F)=C(\C)NC=O)c1F. The molecule has 0 unspecified atom stereocenters. The van der Waals surface area contributed by atoms with E-state index < -0.39 is 41.4 Å². The van der Waals surface area contributed by atoms with Gasteiger partial charge in [0.2, 0.25) is 6.41 Å². The van der Waals surface area contributed by atoms with Gasteiger partial charge in [-0.3, -0.25) is 9.59 Å². The molecule has 0 saturated heterocycles. The van der Waals surface area contributed by atoms with Gasteiger partial charge in [0, 0.05) is 29.9 Å². The van der Waals surface area contributed by atoms with Crippen LogP contribution in [0.4, 0.5) is 22.0 Å². The van der Waals surface area contributed by atoms with Crippen molar-refractivity contribution in [1.29, 1.82) is 0 Å². The van der Waals surface area contributed by atoms with Gasteiger partial charge in [-0.05, 0) is 37.1 Å². The number of halogens is 5. The summed E-state index contributed by atoms with van der Waals surface area (Å²) < 4.78 is 76.2. The normalized spacial score (nSPS) is 12.0. The third-order valence-corrected chi connectivity index (χ3v) is 5.89. The van der Waals surface area contributed by atoms with Crippen molar-refractivity contribution in [3.8, 4) is 5.75 Å². The summed E-state index contributed by atoms with van der Waals surface area (Å²) in [6.45, 7) is 0.467. The molecule has 0 aliphatic rings. The molecule has 3 aromatic carbocycles. The van der Waals surface area contributed by atoms with E-state index in [4.69, 9.17) is 4.74 Å². The van der Waals surface area contributed by atoms with Crippen LogP contribution in [-0.4, -0.2) is 30.9 Å². The molecule has 0 atom stereocenters. The van der Waals surface area contributed by atoms with Crippen LogP contribution in [0.25, 0.3) is 5.57 Å². The standard InChI is InChI=1S/C28H25F5N2O3/c1-18(34-17-36)25(20-10-6-13-24(38-2)26(20)30)27(37)35(15-14-19-8-4-3-5-9-19)16-21-22(28(31,32)33)11-7-12-23(21)29/h3-13,17H,14-16H2,1-2H3,(H,34,36)/b25-18-. The third-order valence-electron chi connectivity index (χ3n) is 5.89. The lowest BCUT2D eigenvalue weighted by atomic mass is 9.99. The fraction of sp³-hybridized carbons (Fsp3) is 0.214. The molecule has 200 valence electrons. The Balaban J connectivity index is 2.14. The largest absolute Gasteiger partial charge is 0.494 e. The van der Waals surface area contributed by atoms with Crippen molar-refractivity contribution < 1.29 is 36.3 Å². The molecule has 0 aliphatic heterocycles. The lowest BCUT2D eigenvalue weighted by Gasteiger charge is -2.27. The van der Waals surface area contributed by atoms with E-state index in [2.05, 4.69) is 5.32 Å². The summed E-state index contributed by atoms with van der Waals surface area (Å²) in [7, 11) is 1.23. The van der Waals surface area contributed by atoms with Crippen LogP contribution in [0, 0.1) is 11.6 Å². The van der Waals surface area contributed by atoms with E-state index in [-0.39, 0.29) is 42.0 Å². The molecule has 0 fully saturated rings. The van der Waals surface area contributed by atoms with Crippen LogP contribution in [0.2, 0.25) is 0 Å². The van der Waals surface area contributed by atoms with Crippen LogP contribution < -0.4 is 10.1 Å². The van der Waals surface area contributed by atoms with Gasteiger partial charge < -0.3 is 15.0 Å². The highest BCUT2D eigenvalue weighted by Gasteiger charge is 2.36. The smallest absolute Gasteiger partial charge is 0.416 e. The van der Waals surface area contributed by atoms with E-state index in [0.717, 1.165) is 28.7 Å². The number of benzene rings is 3. The van der Waals surface area contributed by atoms with Crippen LogP contribution in [0.5, 0.6) is 5.75 Å².